The van der Waals surface area contributed by atoms with Crippen molar-refractivity contribution in [3.63, 3.8) is 0 Å². The SMILES string of the molecule is CC(C)Oc1ccc(C(=O)NC(=S)NNC(=O)Cc2ccc(Cl)cc2)cc1. The zero-order valence-electron chi connectivity index (χ0n) is 14.9. The molecule has 2 aromatic carbocycles. The lowest BCUT2D eigenvalue weighted by Crippen LogP contribution is -2.48. The molecule has 0 aliphatic carbocycles. The molecular weight excluding hydrogens is 386 g/mol. The van der Waals surface area contributed by atoms with Crippen LogP contribution in [0.3, 0.4) is 0 Å². The van der Waals surface area contributed by atoms with Crippen molar-refractivity contribution < 1.29 is 14.3 Å². The van der Waals surface area contributed by atoms with Gasteiger partial charge >= 0.3 is 0 Å². The summed E-state index contributed by atoms with van der Waals surface area (Å²) in [5.74, 6) is -0.0172. The molecule has 0 saturated heterocycles. The Bertz CT molecular complexity index is 808. The first-order valence-electron chi connectivity index (χ1n) is 8.25. The summed E-state index contributed by atoms with van der Waals surface area (Å²) in [7, 11) is 0. The Kier molecular flexibility index (Phi) is 7.57. The van der Waals surface area contributed by atoms with Crippen LogP contribution in [0.2, 0.25) is 5.02 Å². The molecule has 0 saturated carbocycles. The van der Waals surface area contributed by atoms with Crippen LogP contribution >= 0.6 is 23.8 Å². The quantitative estimate of drug-likeness (QED) is 0.526. The summed E-state index contributed by atoms with van der Waals surface area (Å²) >= 11 is 10.8. The summed E-state index contributed by atoms with van der Waals surface area (Å²) in [6, 6.07) is 13.6. The van der Waals surface area contributed by atoms with Gasteiger partial charge in [0, 0.05) is 10.6 Å². The number of ether oxygens (including phenoxy) is 1. The highest BCUT2D eigenvalue weighted by molar-refractivity contribution is 7.80. The standard InChI is InChI=1S/C19H20ClN3O3S/c1-12(2)26-16-9-5-14(6-10-16)18(25)21-19(27)23-22-17(24)11-13-3-7-15(20)8-4-13/h3-10,12H,11H2,1-2H3,(H,22,24)(H2,21,23,25,27). The van der Waals surface area contributed by atoms with E-state index in [1.807, 2.05) is 13.8 Å². The molecule has 0 aliphatic rings. The van der Waals surface area contributed by atoms with Crippen LogP contribution in [0.5, 0.6) is 5.75 Å². The van der Waals surface area contributed by atoms with Gasteiger partial charge in [-0.1, -0.05) is 23.7 Å². The van der Waals surface area contributed by atoms with Crippen molar-refractivity contribution in [2.24, 2.45) is 0 Å². The van der Waals surface area contributed by atoms with E-state index in [1.54, 1.807) is 48.5 Å². The maximum Gasteiger partial charge on any atom is 0.257 e. The van der Waals surface area contributed by atoms with Crippen LogP contribution in [-0.2, 0) is 11.2 Å². The normalized spacial score (nSPS) is 10.2. The summed E-state index contributed by atoms with van der Waals surface area (Å²) < 4.78 is 5.53. The molecule has 0 aromatic heterocycles. The molecule has 27 heavy (non-hydrogen) atoms. The second-order valence-corrected chi connectivity index (χ2v) is 6.80. The fraction of sp³-hybridized carbons (Fsp3) is 0.211. The van der Waals surface area contributed by atoms with Crippen molar-refractivity contribution in [3.05, 3.63) is 64.7 Å². The Balaban J connectivity index is 1.78. The van der Waals surface area contributed by atoms with Crippen molar-refractivity contribution in [1.29, 1.82) is 0 Å². The molecule has 0 spiro atoms. The second-order valence-electron chi connectivity index (χ2n) is 5.95. The fourth-order valence-electron chi connectivity index (χ4n) is 2.12. The summed E-state index contributed by atoms with van der Waals surface area (Å²) in [6.07, 6.45) is 0.204. The van der Waals surface area contributed by atoms with Crippen LogP contribution in [0.1, 0.15) is 29.8 Å². The summed E-state index contributed by atoms with van der Waals surface area (Å²) in [6.45, 7) is 3.85. The average Bonchev–Trinajstić information content (AvgIpc) is 2.62. The third kappa shape index (κ3) is 7.24. The van der Waals surface area contributed by atoms with Crippen LogP contribution in [0.15, 0.2) is 48.5 Å². The maximum atomic E-state index is 12.2. The van der Waals surface area contributed by atoms with E-state index in [0.29, 0.717) is 16.3 Å². The van der Waals surface area contributed by atoms with Gasteiger partial charge in [0.2, 0.25) is 5.91 Å². The highest BCUT2D eigenvalue weighted by Gasteiger charge is 2.09. The number of hydrazine groups is 1. The van der Waals surface area contributed by atoms with Gasteiger partial charge in [-0.2, -0.15) is 0 Å². The third-order valence-electron chi connectivity index (χ3n) is 3.31. The van der Waals surface area contributed by atoms with Crippen molar-refractivity contribution in [2.75, 3.05) is 0 Å². The van der Waals surface area contributed by atoms with Gasteiger partial charge < -0.3 is 4.74 Å². The van der Waals surface area contributed by atoms with Crippen LogP contribution in [0.4, 0.5) is 0 Å². The van der Waals surface area contributed by atoms with Crippen molar-refractivity contribution >= 4 is 40.7 Å². The molecule has 6 nitrogen and oxygen atoms in total. The van der Waals surface area contributed by atoms with E-state index in [1.165, 1.54) is 0 Å². The van der Waals surface area contributed by atoms with Crippen LogP contribution in [0, 0.1) is 0 Å². The topological polar surface area (TPSA) is 79.5 Å². The molecule has 0 radical (unpaired) electrons. The lowest BCUT2D eigenvalue weighted by molar-refractivity contribution is -0.121. The Morgan fingerprint density at radius 1 is 1.04 bits per heavy atom. The minimum atomic E-state index is -0.393. The third-order valence-corrected chi connectivity index (χ3v) is 3.76. The van der Waals surface area contributed by atoms with Crippen LogP contribution in [0.25, 0.3) is 0 Å². The number of halogens is 1. The van der Waals surface area contributed by atoms with Crippen LogP contribution in [-0.4, -0.2) is 23.0 Å². The van der Waals surface area contributed by atoms with Gasteiger partial charge in [0.1, 0.15) is 5.75 Å². The molecule has 0 fully saturated rings. The van der Waals surface area contributed by atoms with Gasteiger partial charge in [-0.25, -0.2) is 0 Å². The number of rotatable bonds is 5. The lowest BCUT2D eigenvalue weighted by atomic mass is 10.1. The Morgan fingerprint density at radius 3 is 2.26 bits per heavy atom. The molecule has 0 atom stereocenters. The van der Waals surface area contributed by atoms with E-state index >= 15 is 0 Å². The van der Waals surface area contributed by atoms with Crippen molar-refractivity contribution in [2.45, 2.75) is 26.4 Å². The van der Waals surface area contributed by atoms with Gasteiger partial charge in [-0.05, 0) is 68.0 Å². The fourth-order valence-corrected chi connectivity index (χ4v) is 2.39. The molecule has 8 heteroatoms. The van der Waals surface area contributed by atoms with E-state index in [0.717, 1.165) is 5.56 Å². The number of carbonyl (C=O) groups excluding carboxylic acids is 2. The number of carbonyl (C=O) groups is 2. The molecule has 2 amide bonds. The van der Waals surface area contributed by atoms with E-state index < -0.39 is 5.91 Å². The second kappa shape index (κ2) is 9.89. The van der Waals surface area contributed by atoms with E-state index in [2.05, 4.69) is 16.2 Å². The zero-order chi connectivity index (χ0) is 19.8. The molecule has 2 aromatic rings. The number of thiocarbonyl (C=S) groups is 1. The molecule has 0 unspecified atom stereocenters. The van der Waals surface area contributed by atoms with Gasteiger partial charge in [-0.3, -0.25) is 25.8 Å². The summed E-state index contributed by atoms with van der Waals surface area (Å²) in [5.41, 5.74) is 6.16. The van der Waals surface area contributed by atoms with Crippen molar-refractivity contribution in [1.82, 2.24) is 16.2 Å². The summed E-state index contributed by atoms with van der Waals surface area (Å²) in [5, 5.41) is 3.09. The first kappa shape index (κ1) is 20.7. The Labute approximate surface area is 168 Å². The maximum absolute atomic E-state index is 12.2. The molecular formula is C19H20ClN3O3S. The zero-order valence-corrected chi connectivity index (χ0v) is 16.5. The number of benzene rings is 2. The molecule has 0 heterocycles. The largest absolute Gasteiger partial charge is 0.491 e. The molecule has 0 bridgehead atoms. The number of nitrogens with one attached hydrogen (secondary N) is 3. The first-order valence-corrected chi connectivity index (χ1v) is 9.03. The Morgan fingerprint density at radius 2 is 1.67 bits per heavy atom. The van der Waals surface area contributed by atoms with Gasteiger partial charge in [0.15, 0.2) is 5.11 Å². The predicted octanol–water partition coefficient (Wildman–Crippen LogP) is 3.01. The lowest BCUT2D eigenvalue weighted by Gasteiger charge is -2.12. The number of hydrogen-bond donors (Lipinski definition) is 3. The van der Waals surface area contributed by atoms with E-state index in [4.69, 9.17) is 28.6 Å². The van der Waals surface area contributed by atoms with Crippen molar-refractivity contribution in [3.8, 4) is 5.75 Å². The molecule has 0 aliphatic heterocycles. The molecule has 142 valence electrons. The highest BCUT2D eigenvalue weighted by Crippen LogP contribution is 2.13. The minimum absolute atomic E-state index is 0.00744. The summed E-state index contributed by atoms with van der Waals surface area (Å²) in [4.78, 5) is 24.0. The molecule has 2 rings (SSSR count). The van der Waals surface area contributed by atoms with Gasteiger partial charge in [0.25, 0.3) is 5.91 Å². The first-order chi connectivity index (χ1) is 12.8. The molecule has 3 N–H and O–H groups in total. The van der Waals surface area contributed by atoms with Gasteiger partial charge in [-0.15, -0.1) is 0 Å². The van der Waals surface area contributed by atoms with E-state index in [9.17, 15) is 9.59 Å². The Hall–Kier alpha value is -2.64. The van der Waals surface area contributed by atoms with Crippen LogP contribution < -0.4 is 20.9 Å². The highest BCUT2D eigenvalue weighted by atomic mass is 35.5. The predicted molar refractivity (Wildman–Crippen MR) is 109 cm³/mol. The monoisotopic (exact) mass is 405 g/mol. The smallest absolute Gasteiger partial charge is 0.257 e. The number of hydrogen-bond acceptors (Lipinski definition) is 4. The number of amides is 2. The van der Waals surface area contributed by atoms with Gasteiger partial charge in [0.05, 0.1) is 12.5 Å². The van der Waals surface area contributed by atoms with E-state index in [-0.39, 0.29) is 23.5 Å². The minimum Gasteiger partial charge on any atom is -0.491 e. The average molecular weight is 406 g/mol.